The van der Waals surface area contributed by atoms with Gasteiger partial charge in [-0.2, -0.15) is 70.2 Å². The molecule has 0 spiro atoms. The first-order chi connectivity index (χ1) is 16.7. The molecule has 21 heteroatoms. The molecule has 1 saturated carbocycles. The van der Waals surface area contributed by atoms with Crippen LogP contribution in [0.4, 0.5) is 74.6 Å². The number of allylic oxidation sites excluding steroid dienone is 1. The van der Waals surface area contributed by atoms with Gasteiger partial charge >= 0.3 is 53.9 Å². The molecule has 0 radical (unpaired) electrons. The number of carboxylic acids is 1. The lowest BCUT2D eigenvalue weighted by atomic mass is 9.68. The molecule has 1 aliphatic carbocycles. The molecule has 228 valence electrons. The number of hydrogen-bond acceptors (Lipinski definition) is 3. The van der Waals surface area contributed by atoms with E-state index in [2.05, 4.69) is 11.3 Å². The summed E-state index contributed by atoms with van der Waals surface area (Å²) < 4.78 is 222. The third-order valence-corrected chi connectivity index (χ3v) is 5.01. The third-order valence-electron chi connectivity index (χ3n) is 5.01. The summed E-state index contributed by atoms with van der Waals surface area (Å²) in [7, 11) is 0. The Balaban J connectivity index is 0.000000830. The Morgan fingerprint density at radius 2 is 0.949 bits per heavy atom. The van der Waals surface area contributed by atoms with Crippen LogP contribution in [0.25, 0.3) is 0 Å². The van der Waals surface area contributed by atoms with Gasteiger partial charge in [-0.3, -0.25) is 0 Å². The van der Waals surface area contributed by atoms with Crippen molar-refractivity contribution >= 4 is 11.9 Å². The van der Waals surface area contributed by atoms with E-state index in [0.717, 1.165) is 6.92 Å². The van der Waals surface area contributed by atoms with Crippen molar-refractivity contribution in [1.29, 1.82) is 0 Å². The number of esters is 1. The van der Waals surface area contributed by atoms with Crippen LogP contribution in [0.1, 0.15) is 20.8 Å². The van der Waals surface area contributed by atoms with Crippen molar-refractivity contribution in [3.8, 4) is 0 Å². The number of carbonyl (C=O) groups excluding carboxylic acids is 1. The van der Waals surface area contributed by atoms with Crippen molar-refractivity contribution in [1.82, 2.24) is 0 Å². The Morgan fingerprint density at radius 1 is 0.667 bits per heavy atom. The molecule has 0 aromatic carbocycles. The van der Waals surface area contributed by atoms with Gasteiger partial charge in [0.25, 0.3) is 11.8 Å². The average Bonchev–Trinajstić information content (AvgIpc) is 2.72. The maximum Gasteiger partial charge on any atom is 0.434 e. The highest BCUT2D eigenvalue weighted by Gasteiger charge is 3.01. The summed E-state index contributed by atoms with van der Waals surface area (Å²) in [5.41, 5.74) is -11.1. The molecule has 0 amide bonds. The van der Waals surface area contributed by atoms with Gasteiger partial charge in [0.1, 0.15) is 0 Å². The van der Waals surface area contributed by atoms with Crippen molar-refractivity contribution in [2.24, 2.45) is 0 Å². The molecule has 39 heavy (non-hydrogen) atoms. The first-order valence-electron chi connectivity index (χ1n) is 9.22. The average molecular weight is 616 g/mol. The van der Waals surface area contributed by atoms with Crippen molar-refractivity contribution in [2.75, 3.05) is 0 Å². The molecule has 0 heterocycles. The van der Waals surface area contributed by atoms with Crippen molar-refractivity contribution in [3.05, 3.63) is 23.3 Å². The maximum absolute atomic E-state index is 14.4. The first-order valence-corrected chi connectivity index (χ1v) is 9.22. The van der Waals surface area contributed by atoms with Gasteiger partial charge in [0.2, 0.25) is 0 Å². The molecule has 0 atom stereocenters. The summed E-state index contributed by atoms with van der Waals surface area (Å²) in [4.78, 5) is 21.1. The fourth-order valence-corrected chi connectivity index (χ4v) is 2.64. The number of carboxylic acid groups (broad SMARTS) is 1. The monoisotopic (exact) mass is 616 g/mol. The van der Waals surface area contributed by atoms with Crippen LogP contribution in [-0.2, 0) is 14.3 Å². The van der Waals surface area contributed by atoms with Crippen LogP contribution in [0.15, 0.2) is 23.3 Å². The van der Waals surface area contributed by atoms with Crippen LogP contribution in [0, 0.1) is 0 Å². The highest BCUT2D eigenvalue weighted by Crippen LogP contribution is 2.71. The minimum Gasteiger partial charge on any atom is -0.478 e. The largest absolute Gasteiger partial charge is 0.478 e. The molecule has 1 fully saturated rings. The number of carbonyl (C=O) groups is 2. The van der Waals surface area contributed by atoms with E-state index in [-0.39, 0.29) is 13.8 Å². The van der Waals surface area contributed by atoms with Gasteiger partial charge in [-0.05, 0) is 26.3 Å². The molecule has 0 aromatic heterocycles. The highest BCUT2D eigenvalue weighted by atomic mass is 19.4. The number of ether oxygens (including phenoxy) is 1. The quantitative estimate of drug-likeness (QED) is 0.212. The van der Waals surface area contributed by atoms with Crippen LogP contribution in [0.3, 0.4) is 0 Å². The van der Waals surface area contributed by atoms with E-state index in [1.165, 1.54) is 0 Å². The molecule has 4 nitrogen and oxygen atoms in total. The lowest BCUT2D eigenvalue weighted by molar-refractivity contribution is -0.478. The Morgan fingerprint density at radius 3 is 1.18 bits per heavy atom. The van der Waals surface area contributed by atoms with Gasteiger partial charge in [-0.25, -0.2) is 14.0 Å². The number of aliphatic carboxylic acids is 1. The van der Waals surface area contributed by atoms with Gasteiger partial charge in [-0.15, -0.1) is 0 Å². The topological polar surface area (TPSA) is 63.6 Å². The van der Waals surface area contributed by atoms with Crippen LogP contribution in [0.5, 0.6) is 0 Å². The van der Waals surface area contributed by atoms with E-state index >= 15 is 0 Å². The molecular formula is C18H13F17O4. The van der Waals surface area contributed by atoms with E-state index in [9.17, 15) is 84.2 Å². The van der Waals surface area contributed by atoms with Crippen molar-refractivity contribution < 1.29 is 94.1 Å². The van der Waals surface area contributed by atoms with E-state index in [0.29, 0.717) is 0 Å². The molecule has 0 aromatic rings. The second-order valence-corrected chi connectivity index (χ2v) is 7.73. The minimum absolute atomic E-state index is 0.175. The normalized spacial score (nSPS) is 23.1. The second kappa shape index (κ2) is 10.0. The van der Waals surface area contributed by atoms with Gasteiger partial charge in [0, 0.05) is 11.1 Å². The molecule has 1 rings (SSSR count). The van der Waals surface area contributed by atoms with Crippen molar-refractivity contribution in [2.45, 2.75) is 74.5 Å². The Bertz CT molecular complexity index is 976. The first kappa shape index (κ1) is 36.2. The molecule has 0 unspecified atom stereocenters. The number of halogens is 17. The molecule has 1 aliphatic rings. The van der Waals surface area contributed by atoms with E-state index in [4.69, 9.17) is 5.11 Å². The summed E-state index contributed by atoms with van der Waals surface area (Å²) in [5, 5.41) is 8.46. The van der Waals surface area contributed by atoms with Gasteiger partial charge in [0.05, 0.1) is 0 Å². The van der Waals surface area contributed by atoms with Crippen LogP contribution < -0.4 is 0 Å². The third kappa shape index (κ3) is 5.36. The number of alkyl halides is 17. The van der Waals surface area contributed by atoms with Gasteiger partial charge < -0.3 is 9.84 Å². The van der Waals surface area contributed by atoms with Crippen LogP contribution in [-0.4, -0.2) is 70.8 Å². The zero-order chi connectivity index (χ0) is 32.2. The molecular weight excluding hydrogens is 603 g/mol. The zero-order valence-corrected chi connectivity index (χ0v) is 18.9. The van der Waals surface area contributed by atoms with Crippen LogP contribution >= 0.6 is 0 Å². The summed E-state index contributed by atoms with van der Waals surface area (Å²) >= 11 is 0. The Labute approximate surface area is 205 Å². The van der Waals surface area contributed by atoms with Gasteiger partial charge in [-0.1, -0.05) is 6.58 Å². The molecule has 0 saturated heterocycles. The zero-order valence-electron chi connectivity index (χ0n) is 18.9. The fourth-order valence-electron chi connectivity index (χ4n) is 2.64. The number of hydrogen-bond donors (Lipinski definition) is 1. The fraction of sp³-hybridized carbons (Fsp3) is 0.667. The second-order valence-electron chi connectivity index (χ2n) is 7.73. The number of rotatable bonds is 4. The van der Waals surface area contributed by atoms with E-state index in [1.54, 1.807) is 0 Å². The lowest BCUT2D eigenvalue weighted by Crippen LogP contribution is -2.84. The van der Waals surface area contributed by atoms with E-state index < -0.39 is 82.4 Å². The van der Waals surface area contributed by atoms with Crippen LogP contribution in [0.2, 0.25) is 0 Å². The highest BCUT2D eigenvalue weighted by molar-refractivity contribution is 5.87. The summed E-state index contributed by atoms with van der Waals surface area (Å²) in [6, 6.07) is 0. The molecule has 0 bridgehead atoms. The minimum atomic E-state index is -7.32. The molecule has 1 N–H and O–H groups in total. The predicted molar refractivity (Wildman–Crippen MR) is 91.4 cm³/mol. The maximum atomic E-state index is 14.4. The molecule has 0 aliphatic heterocycles. The Hall–Kier alpha value is -2.77. The summed E-state index contributed by atoms with van der Waals surface area (Å²) in [6.07, 6.45) is -15.5. The smallest absolute Gasteiger partial charge is 0.434 e. The Kier molecular flexibility index (Phi) is 9.30. The summed E-state index contributed by atoms with van der Waals surface area (Å²) in [5.74, 6) is -40.1. The lowest BCUT2D eigenvalue weighted by Gasteiger charge is -2.53. The van der Waals surface area contributed by atoms with Gasteiger partial charge in [0.15, 0.2) is 0 Å². The van der Waals surface area contributed by atoms with Crippen molar-refractivity contribution in [3.63, 3.8) is 0 Å². The predicted octanol–water partition coefficient (Wildman–Crippen LogP) is 6.90. The SMILES string of the molecule is C=C(C)C(=O)OC(C(F)(F)F)C(F)(F)F.CC(C(=O)O)=C(C)C1(F)C(F)(F)C(F)(F)C(F)(F)C(F)(F)C1(F)F. The standard InChI is InChI=1S/C11H7F11O2.C7H6F6O2/c1-3(5(23)24)4(2)6(12)7(13,14)9(17,18)11(21,22)10(19,20)8(6,15)16;1-3(2)4(14)15-5(6(8,9)10)7(11,12)13/h1-2H3,(H,23,24);5H,1H2,2H3. The van der Waals surface area contributed by atoms with E-state index in [1.807, 2.05) is 0 Å². The summed E-state index contributed by atoms with van der Waals surface area (Å²) in [6.45, 7) is 3.77.